The zero-order chi connectivity index (χ0) is 15.5. The third kappa shape index (κ3) is 9.90. The lowest BCUT2D eigenvalue weighted by molar-refractivity contribution is -0.142. The molecule has 0 saturated carbocycles. The molecule has 1 unspecified atom stereocenters. The molecule has 19 heavy (non-hydrogen) atoms. The smallest absolute Gasteiger partial charge is 0.307 e. The number of hydrogen-bond donors (Lipinski definition) is 2. The molecule has 0 spiro atoms. The molecule has 0 aromatic heterocycles. The van der Waals surface area contributed by atoms with Crippen molar-refractivity contribution in [2.24, 2.45) is 16.7 Å². The van der Waals surface area contributed by atoms with Gasteiger partial charge in [0.1, 0.15) is 0 Å². The zero-order valence-corrected chi connectivity index (χ0v) is 13.6. The molecule has 0 aliphatic rings. The monoisotopic (exact) mass is 293 g/mol. The van der Waals surface area contributed by atoms with Crippen molar-refractivity contribution < 1.29 is 18.3 Å². The van der Waals surface area contributed by atoms with Crippen LogP contribution in [0.5, 0.6) is 0 Å². The largest absolute Gasteiger partial charge is 0.481 e. The average Bonchev–Trinajstić information content (AvgIpc) is 2.05. The zero-order valence-electron chi connectivity index (χ0n) is 12.8. The van der Waals surface area contributed by atoms with Crippen molar-refractivity contribution in [3.05, 3.63) is 0 Å². The van der Waals surface area contributed by atoms with Gasteiger partial charge >= 0.3 is 5.97 Å². The first-order valence-corrected chi connectivity index (χ1v) is 8.07. The standard InChI is InChI=1S/C13H27NO4S/c1-12(2,3)7-10(11(15)16)8-14-19(17,18)9-13(4,5)6/h10,14H,7-9H2,1-6H3,(H,15,16). The van der Waals surface area contributed by atoms with Gasteiger partial charge in [-0.05, 0) is 17.3 Å². The van der Waals surface area contributed by atoms with E-state index in [1.807, 2.05) is 41.5 Å². The normalized spacial score (nSPS) is 15.3. The second kappa shape index (κ2) is 6.22. The number of hydrogen-bond acceptors (Lipinski definition) is 3. The van der Waals surface area contributed by atoms with Crippen molar-refractivity contribution in [3.8, 4) is 0 Å². The summed E-state index contributed by atoms with van der Waals surface area (Å²) < 4.78 is 26.1. The Morgan fingerprint density at radius 2 is 1.58 bits per heavy atom. The quantitative estimate of drug-likeness (QED) is 0.785. The van der Waals surface area contributed by atoms with Gasteiger partial charge < -0.3 is 5.11 Å². The van der Waals surface area contributed by atoms with Gasteiger partial charge in [-0.2, -0.15) is 0 Å². The van der Waals surface area contributed by atoms with Crippen LogP contribution in [0.15, 0.2) is 0 Å². The van der Waals surface area contributed by atoms with Crippen LogP contribution in [-0.2, 0) is 14.8 Å². The minimum Gasteiger partial charge on any atom is -0.481 e. The van der Waals surface area contributed by atoms with E-state index in [0.29, 0.717) is 6.42 Å². The van der Waals surface area contributed by atoms with Crippen LogP contribution in [-0.4, -0.2) is 31.8 Å². The average molecular weight is 293 g/mol. The summed E-state index contributed by atoms with van der Waals surface area (Å²) in [4.78, 5) is 11.1. The predicted molar refractivity (Wildman–Crippen MR) is 76.4 cm³/mol. The Balaban J connectivity index is 4.61. The molecular weight excluding hydrogens is 266 g/mol. The first-order valence-electron chi connectivity index (χ1n) is 6.42. The van der Waals surface area contributed by atoms with Crippen LogP contribution >= 0.6 is 0 Å². The summed E-state index contributed by atoms with van der Waals surface area (Å²) in [5.41, 5.74) is -0.507. The first kappa shape index (κ1) is 18.4. The van der Waals surface area contributed by atoms with Crippen LogP contribution in [0.2, 0.25) is 0 Å². The number of aliphatic carboxylic acids is 1. The summed E-state index contributed by atoms with van der Waals surface area (Å²) >= 11 is 0. The summed E-state index contributed by atoms with van der Waals surface area (Å²) in [5, 5.41) is 9.13. The Morgan fingerprint density at radius 3 is 1.89 bits per heavy atom. The third-order valence-electron chi connectivity index (χ3n) is 2.38. The molecule has 0 aromatic carbocycles. The highest BCUT2D eigenvalue weighted by Crippen LogP contribution is 2.24. The topological polar surface area (TPSA) is 83.5 Å². The SMILES string of the molecule is CC(C)(C)CC(CNS(=O)(=O)CC(C)(C)C)C(=O)O. The molecule has 0 aliphatic carbocycles. The van der Waals surface area contributed by atoms with Crippen molar-refractivity contribution in [3.63, 3.8) is 0 Å². The number of nitrogens with one attached hydrogen (secondary N) is 1. The number of sulfonamides is 1. The van der Waals surface area contributed by atoms with E-state index in [9.17, 15) is 13.2 Å². The molecule has 0 fully saturated rings. The minimum absolute atomic E-state index is 0.0120. The third-order valence-corrected chi connectivity index (χ3v) is 4.23. The molecule has 0 aliphatic heterocycles. The van der Waals surface area contributed by atoms with E-state index in [-0.39, 0.29) is 23.1 Å². The van der Waals surface area contributed by atoms with Gasteiger partial charge in [0.05, 0.1) is 11.7 Å². The highest BCUT2D eigenvalue weighted by molar-refractivity contribution is 7.89. The van der Waals surface area contributed by atoms with Crippen LogP contribution < -0.4 is 4.72 Å². The Kier molecular flexibility index (Phi) is 6.02. The first-order chi connectivity index (χ1) is 8.22. The molecule has 5 nitrogen and oxygen atoms in total. The Morgan fingerprint density at radius 1 is 1.11 bits per heavy atom. The highest BCUT2D eigenvalue weighted by Gasteiger charge is 2.27. The number of carboxylic acid groups (broad SMARTS) is 1. The maximum atomic E-state index is 11.8. The molecule has 0 bridgehead atoms. The second-order valence-electron chi connectivity index (χ2n) is 7.47. The molecule has 1 atom stereocenters. The van der Waals surface area contributed by atoms with Crippen molar-refractivity contribution in [1.29, 1.82) is 0 Å². The van der Waals surface area contributed by atoms with E-state index < -0.39 is 21.9 Å². The molecule has 0 saturated heterocycles. The van der Waals surface area contributed by atoms with E-state index in [1.165, 1.54) is 0 Å². The molecule has 0 aromatic rings. The van der Waals surface area contributed by atoms with E-state index in [0.717, 1.165) is 0 Å². The van der Waals surface area contributed by atoms with Crippen LogP contribution in [0.4, 0.5) is 0 Å². The van der Waals surface area contributed by atoms with Gasteiger partial charge in [-0.15, -0.1) is 0 Å². The number of rotatable bonds is 6. The van der Waals surface area contributed by atoms with E-state index >= 15 is 0 Å². The fraction of sp³-hybridized carbons (Fsp3) is 0.923. The molecular formula is C13H27NO4S. The fourth-order valence-corrected chi connectivity index (χ4v) is 3.53. The molecule has 0 rings (SSSR count). The lowest BCUT2D eigenvalue weighted by atomic mass is 9.85. The fourth-order valence-electron chi connectivity index (χ4n) is 1.83. The molecule has 0 radical (unpaired) electrons. The Bertz CT molecular complexity index is 401. The summed E-state index contributed by atoms with van der Waals surface area (Å²) in [7, 11) is -3.44. The van der Waals surface area contributed by atoms with Gasteiger partial charge in [-0.25, -0.2) is 13.1 Å². The minimum atomic E-state index is -3.44. The Labute approximate surface area is 116 Å². The molecule has 0 heterocycles. The van der Waals surface area contributed by atoms with Crippen LogP contribution in [0, 0.1) is 16.7 Å². The maximum absolute atomic E-state index is 11.8. The maximum Gasteiger partial charge on any atom is 0.307 e. The van der Waals surface area contributed by atoms with Crippen molar-refractivity contribution in [1.82, 2.24) is 4.72 Å². The molecule has 2 N–H and O–H groups in total. The van der Waals surface area contributed by atoms with E-state index in [4.69, 9.17) is 5.11 Å². The van der Waals surface area contributed by atoms with Crippen molar-refractivity contribution in [2.75, 3.05) is 12.3 Å². The van der Waals surface area contributed by atoms with Gasteiger partial charge in [0.15, 0.2) is 0 Å². The van der Waals surface area contributed by atoms with Gasteiger partial charge in [0, 0.05) is 6.54 Å². The Hall–Kier alpha value is -0.620. The number of carbonyl (C=O) groups is 1. The second-order valence-corrected chi connectivity index (χ2v) is 9.27. The molecule has 0 amide bonds. The van der Waals surface area contributed by atoms with Gasteiger partial charge in [-0.1, -0.05) is 41.5 Å². The highest BCUT2D eigenvalue weighted by atomic mass is 32.2. The van der Waals surface area contributed by atoms with Crippen LogP contribution in [0.25, 0.3) is 0 Å². The van der Waals surface area contributed by atoms with Crippen LogP contribution in [0.3, 0.4) is 0 Å². The van der Waals surface area contributed by atoms with Crippen LogP contribution in [0.1, 0.15) is 48.0 Å². The summed E-state index contributed by atoms with van der Waals surface area (Å²) in [5.74, 6) is -1.68. The number of carboxylic acids is 1. The van der Waals surface area contributed by atoms with Crippen molar-refractivity contribution >= 4 is 16.0 Å². The van der Waals surface area contributed by atoms with E-state index in [2.05, 4.69) is 4.72 Å². The molecule has 114 valence electrons. The van der Waals surface area contributed by atoms with Gasteiger partial charge in [-0.3, -0.25) is 4.79 Å². The van der Waals surface area contributed by atoms with Gasteiger partial charge in [0.25, 0.3) is 0 Å². The summed E-state index contributed by atoms with van der Waals surface area (Å²) in [6, 6.07) is 0. The molecule has 6 heteroatoms. The van der Waals surface area contributed by atoms with Crippen molar-refractivity contribution in [2.45, 2.75) is 48.0 Å². The van der Waals surface area contributed by atoms with Gasteiger partial charge in [0.2, 0.25) is 10.0 Å². The summed E-state index contributed by atoms with van der Waals surface area (Å²) in [6.45, 7) is 11.2. The lowest BCUT2D eigenvalue weighted by Crippen LogP contribution is -2.38. The lowest BCUT2D eigenvalue weighted by Gasteiger charge is -2.24. The predicted octanol–water partition coefficient (Wildman–Crippen LogP) is 2.09. The summed E-state index contributed by atoms with van der Waals surface area (Å²) in [6.07, 6.45) is 0.431. The van der Waals surface area contributed by atoms with E-state index in [1.54, 1.807) is 0 Å².